The first kappa shape index (κ1) is 6.94. The van der Waals surface area contributed by atoms with Crippen LogP contribution in [0.15, 0.2) is 4.42 Å². The van der Waals surface area contributed by atoms with Gasteiger partial charge in [-0.05, 0) is 0 Å². The molecule has 0 aliphatic rings. The molecule has 0 atom stereocenters. The number of aromatic nitrogens is 2. The summed E-state index contributed by atoms with van der Waals surface area (Å²) in [5.74, 6) is 0.350. The fraction of sp³-hybridized carbons (Fsp3) is 0.250. The van der Waals surface area contributed by atoms with Crippen LogP contribution >= 0.6 is 0 Å². The van der Waals surface area contributed by atoms with Gasteiger partial charge in [-0.2, -0.15) is 8.42 Å². The Labute approximate surface area is 58.2 Å². The Morgan fingerprint density at radius 1 is 1.50 bits per heavy atom. The molecular weight excluding hydrogens is 156 g/mol. The van der Waals surface area contributed by atoms with Crippen molar-refractivity contribution in [2.24, 2.45) is 0 Å². The molecule has 0 fully saturated rings. The van der Waals surface area contributed by atoms with E-state index in [1.807, 2.05) is 0 Å². The zero-order valence-corrected chi connectivity index (χ0v) is 5.92. The molecule has 0 aliphatic heterocycles. The maximum atomic E-state index is 9.99. The Hall–Kier alpha value is -1.17. The fourth-order valence-electron chi connectivity index (χ4n) is 0.442. The summed E-state index contributed by atoms with van der Waals surface area (Å²) in [6, 6.07) is 0. The van der Waals surface area contributed by atoms with Crippen LogP contribution in [0.4, 0.5) is 0 Å². The van der Waals surface area contributed by atoms with Gasteiger partial charge in [0.25, 0.3) is 5.89 Å². The van der Waals surface area contributed by atoms with Gasteiger partial charge in [0, 0.05) is 6.92 Å². The lowest BCUT2D eigenvalue weighted by atomic mass is 10.8. The van der Waals surface area contributed by atoms with Crippen molar-refractivity contribution in [3.05, 3.63) is 11.8 Å². The van der Waals surface area contributed by atoms with Crippen LogP contribution in [0.5, 0.6) is 0 Å². The van der Waals surface area contributed by atoms with E-state index in [1.54, 1.807) is 6.92 Å². The molecule has 0 aromatic carbocycles. The highest BCUT2D eigenvalue weighted by Gasteiger charge is 1.96. The molecule has 0 aliphatic carbocycles. The van der Waals surface area contributed by atoms with E-state index >= 15 is 0 Å². The Balaban J connectivity index is 3.09. The first-order valence-electron chi connectivity index (χ1n) is 2.41. The van der Waals surface area contributed by atoms with Crippen LogP contribution in [0.25, 0.3) is 0 Å². The van der Waals surface area contributed by atoms with E-state index in [2.05, 4.69) is 10.2 Å². The summed E-state index contributed by atoms with van der Waals surface area (Å²) in [5, 5.41) is 7.69. The highest BCUT2D eigenvalue weighted by atomic mass is 32.2. The second-order valence-electron chi connectivity index (χ2n) is 1.54. The highest BCUT2D eigenvalue weighted by molar-refractivity contribution is 7.71. The Morgan fingerprint density at radius 3 is 2.60 bits per heavy atom. The standard InChI is InChI=1S/C4H4N2O3S/c1-3-5-6-4(9-3)2-10(7)8/h2H,1H3. The molecular formula is C4H4N2O3S. The average molecular weight is 160 g/mol. The highest BCUT2D eigenvalue weighted by Crippen LogP contribution is 1.91. The number of rotatable bonds is 1. The average Bonchev–Trinajstić information content (AvgIpc) is 2.13. The minimum atomic E-state index is -2.27. The van der Waals surface area contributed by atoms with Gasteiger partial charge >= 0.3 is 0 Å². The quantitative estimate of drug-likeness (QED) is 0.513. The minimum Gasteiger partial charge on any atom is -0.421 e. The van der Waals surface area contributed by atoms with E-state index in [1.165, 1.54) is 0 Å². The van der Waals surface area contributed by atoms with Crippen LogP contribution in [0.1, 0.15) is 11.8 Å². The lowest BCUT2D eigenvalue weighted by Gasteiger charge is -1.71. The van der Waals surface area contributed by atoms with Crippen molar-refractivity contribution >= 4 is 15.7 Å². The molecule has 0 saturated heterocycles. The van der Waals surface area contributed by atoms with Crippen molar-refractivity contribution in [3.8, 4) is 0 Å². The lowest BCUT2D eigenvalue weighted by Crippen LogP contribution is -1.80. The van der Waals surface area contributed by atoms with E-state index in [0.29, 0.717) is 5.89 Å². The van der Waals surface area contributed by atoms with Gasteiger partial charge in [-0.3, -0.25) is 0 Å². The first-order chi connectivity index (χ1) is 4.68. The van der Waals surface area contributed by atoms with Crippen molar-refractivity contribution in [2.45, 2.75) is 6.92 Å². The van der Waals surface area contributed by atoms with E-state index in [-0.39, 0.29) is 5.89 Å². The number of nitrogens with zero attached hydrogens (tertiary/aromatic N) is 2. The molecule has 1 rings (SSSR count). The number of aryl methyl sites for hydroxylation is 1. The van der Waals surface area contributed by atoms with E-state index in [4.69, 9.17) is 4.42 Å². The first-order valence-corrected chi connectivity index (χ1v) is 3.55. The molecule has 1 aromatic heterocycles. The van der Waals surface area contributed by atoms with Crippen LogP contribution < -0.4 is 0 Å². The summed E-state index contributed by atoms with van der Waals surface area (Å²) >= 11 is 0. The van der Waals surface area contributed by atoms with Crippen molar-refractivity contribution in [1.82, 2.24) is 10.2 Å². The Kier molecular flexibility index (Phi) is 1.81. The van der Waals surface area contributed by atoms with E-state index in [9.17, 15) is 8.42 Å². The zero-order chi connectivity index (χ0) is 7.56. The smallest absolute Gasteiger partial charge is 0.255 e. The molecule has 54 valence electrons. The van der Waals surface area contributed by atoms with E-state index < -0.39 is 10.3 Å². The van der Waals surface area contributed by atoms with Gasteiger partial charge in [0.05, 0.1) is 0 Å². The molecule has 0 bridgehead atoms. The maximum absolute atomic E-state index is 9.99. The van der Waals surface area contributed by atoms with Gasteiger partial charge < -0.3 is 4.42 Å². The molecule has 0 unspecified atom stereocenters. The normalized spacial score (nSPS) is 9.30. The summed E-state index contributed by atoms with van der Waals surface area (Å²) in [4.78, 5) is 0. The monoisotopic (exact) mass is 160 g/mol. The summed E-state index contributed by atoms with van der Waals surface area (Å²) in [7, 11) is -2.27. The second kappa shape index (κ2) is 2.61. The van der Waals surface area contributed by atoms with Gasteiger partial charge in [0.2, 0.25) is 16.2 Å². The molecule has 5 nitrogen and oxygen atoms in total. The second-order valence-corrected chi connectivity index (χ2v) is 2.29. The molecule has 0 amide bonds. The summed E-state index contributed by atoms with van der Waals surface area (Å²) in [6.07, 6.45) is 0. The maximum Gasteiger partial charge on any atom is 0.255 e. The summed E-state index contributed by atoms with van der Waals surface area (Å²) < 4.78 is 24.7. The minimum absolute atomic E-state index is 0.00540. The zero-order valence-electron chi connectivity index (χ0n) is 5.10. The van der Waals surface area contributed by atoms with Crippen molar-refractivity contribution in [1.29, 1.82) is 0 Å². The van der Waals surface area contributed by atoms with Crippen molar-refractivity contribution in [2.75, 3.05) is 0 Å². The third-order valence-electron chi connectivity index (χ3n) is 0.739. The Morgan fingerprint density at radius 2 is 2.20 bits per heavy atom. The predicted octanol–water partition coefficient (Wildman–Crippen LogP) is -0.593. The molecule has 0 N–H and O–H groups in total. The lowest BCUT2D eigenvalue weighted by molar-refractivity contribution is 0.513. The molecule has 10 heavy (non-hydrogen) atoms. The van der Waals surface area contributed by atoms with Crippen LogP contribution in [0.2, 0.25) is 0 Å². The summed E-state index contributed by atoms with van der Waals surface area (Å²) in [6.45, 7) is 1.58. The van der Waals surface area contributed by atoms with Gasteiger partial charge in [-0.25, -0.2) is 0 Å². The summed E-state index contributed by atoms with van der Waals surface area (Å²) in [5.41, 5.74) is 0. The van der Waals surface area contributed by atoms with Crippen molar-refractivity contribution < 1.29 is 12.8 Å². The SMILES string of the molecule is Cc1nnc(C=S(=O)=O)o1. The molecule has 6 heteroatoms. The number of hydrogen-bond donors (Lipinski definition) is 0. The van der Waals surface area contributed by atoms with Crippen LogP contribution in [-0.4, -0.2) is 24.0 Å². The third-order valence-corrected chi connectivity index (χ3v) is 1.13. The Bertz CT molecular complexity index is 342. The van der Waals surface area contributed by atoms with Gasteiger partial charge in [-0.15, -0.1) is 10.2 Å². The van der Waals surface area contributed by atoms with Gasteiger partial charge in [0.1, 0.15) is 5.37 Å². The van der Waals surface area contributed by atoms with Crippen molar-refractivity contribution in [3.63, 3.8) is 0 Å². The molecule has 0 radical (unpaired) electrons. The van der Waals surface area contributed by atoms with Crippen LogP contribution in [0.3, 0.4) is 0 Å². The molecule has 1 heterocycles. The van der Waals surface area contributed by atoms with Gasteiger partial charge in [0.15, 0.2) is 0 Å². The van der Waals surface area contributed by atoms with Gasteiger partial charge in [-0.1, -0.05) is 0 Å². The fourth-order valence-corrected chi connectivity index (χ4v) is 0.702. The van der Waals surface area contributed by atoms with E-state index in [0.717, 1.165) is 5.37 Å². The van der Waals surface area contributed by atoms with Crippen LogP contribution in [-0.2, 0) is 10.3 Å². The largest absolute Gasteiger partial charge is 0.421 e. The van der Waals surface area contributed by atoms with Crippen LogP contribution in [0, 0.1) is 6.92 Å². The predicted molar refractivity (Wildman–Crippen MR) is 33.1 cm³/mol. The topological polar surface area (TPSA) is 73.1 Å². The number of hydrogen-bond acceptors (Lipinski definition) is 5. The molecule has 0 spiro atoms. The third kappa shape index (κ3) is 1.66. The molecule has 1 aromatic rings. The molecule has 0 saturated carbocycles.